The van der Waals surface area contributed by atoms with Crippen LogP contribution in [0.15, 0.2) is 121 Å². The number of hydrogen-bond donors (Lipinski definition) is 2. The lowest BCUT2D eigenvalue weighted by Gasteiger charge is -2.46. The number of nitrogens with one attached hydrogen (secondary N) is 2. The normalized spacial score (nSPS) is 14.2. The SMILES string of the molecule is C[C@@H](O[Si](c1ccccc1)(c1ccccc1)C(C)(C)C)[C@@H](C[P+](C)(c1ccccc1)c1ccccc1)NC(=O)[C@H](NC(=O)OC(C)(C)C)C(C)(C)C.[I-]. The smallest absolute Gasteiger partial charge is 0.408 e. The maximum Gasteiger partial charge on any atom is 0.408 e. The van der Waals surface area contributed by atoms with Crippen LogP contribution in [0.1, 0.15) is 69.2 Å². The summed E-state index contributed by atoms with van der Waals surface area (Å²) in [5.41, 5.74) is -1.31. The van der Waals surface area contributed by atoms with Crippen LogP contribution >= 0.6 is 7.26 Å². The molecular weight excluding hydrogens is 806 g/mol. The molecule has 0 aliphatic rings. The summed E-state index contributed by atoms with van der Waals surface area (Å²) in [7, 11) is -5.11. The average Bonchev–Trinajstić information content (AvgIpc) is 3.08. The Bertz CT molecular complexity index is 1660. The first kappa shape index (κ1) is 44.4. The first-order chi connectivity index (χ1) is 24.3. The van der Waals surface area contributed by atoms with E-state index in [9.17, 15) is 9.59 Å². The van der Waals surface area contributed by atoms with Gasteiger partial charge in [0.1, 0.15) is 11.6 Å². The first-order valence-electron chi connectivity index (χ1n) is 18.3. The second-order valence-electron chi connectivity index (χ2n) is 17.1. The van der Waals surface area contributed by atoms with Crippen LogP contribution in [0.25, 0.3) is 0 Å². The Morgan fingerprint density at radius 3 is 1.42 bits per heavy atom. The molecule has 0 heterocycles. The van der Waals surface area contributed by atoms with Crippen LogP contribution in [0, 0.1) is 5.41 Å². The summed E-state index contributed by atoms with van der Waals surface area (Å²) < 4.78 is 13.3. The molecule has 0 unspecified atom stereocenters. The largest absolute Gasteiger partial charge is 1.00 e. The maximum absolute atomic E-state index is 14.7. The van der Waals surface area contributed by atoms with Crippen molar-refractivity contribution in [3.63, 3.8) is 0 Å². The van der Waals surface area contributed by atoms with Gasteiger partial charge in [0.2, 0.25) is 5.91 Å². The standard InChI is InChI=1S/C44H59N2O4PSi.HI/c1-33(50-52(44(8,9)10,36-28-20-14-21-29-36)37-30-22-15-23-31-37)38(45-40(47)39(42(2,3)4)46-41(48)49-43(5,6)7)32-51(11,34-24-16-12-17-25-34)35-26-18-13-19-27-35;/h12-31,33,38-39H,32H2,1-11H3,(H-,45,46,47,48);1H/t33-,38-,39+;/m1./s1. The van der Waals surface area contributed by atoms with Gasteiger partial charge in [-0.3, -0.25) is 4.79 Å². The minimum atomic E-state index is -3.01. The number of carbonyl (C=O) groups excluding carboxylic acids is 2. The molecule has 2 amide bonds. The Hall–Kier alpha value is -3.04. The summed E-state index contributed by atoms with van der Waals surface area (Å²) in [5.74, 6) is -0.270. The van der Waals surface area contributed by atoms with E-state index >= 15 is 0 Å². The highest BCUT2D eigenvalue weighted by Crippen LogP contribution is 2.53. The van der Waals surface area contributed by atoms with Crippen molar-refractivity contribution in [2.45, 2.75) is 98.1 Å². The van der Waals surface area contributed by atoms with Crippen molar-refractivity contribution >= 4 is 48.6 Å². The predicted molar refractivity (Wildman–Crippen MR) is 223 cm³/mol. The topological polar surface area (TPSA) is 76.7 Å². The summed E-state index contributed by atoms with van der Waals surface area (Å²) in [5, 5.41) is 11.0. The molecule has 6 nitrogen and oxygen atoms in total. The molecule has 0 aliphatic carbocycles. The number of alkyl carbamates (subject to hydrolysis) is 1. The van der Waals surface area contributed by atoms with Gasteiger partial charge in [0, 0.05) is 0 Å². The van der Waals surface area contributed by atoms with E-state index in [1.54, 1.807) is 0 Å². The van der Waals surface area contributed by atoms with E-state index in [1.165, 1.54) is 21.0 Å². The zero-order valence-electron chi connectivity index (χ0n) is 33.4. The second kappa shape index (κ2) is 18.1. The zero-order valence-corrected chi connectivity index (χ0v) is 37.5. The van der Waals surface area contributed by atoms with Crippen LogP contribution < -0.4 is 55.6 Å². The molecule has 286 valence electrons. The van der Waals surface area contributed by atoms with Gasteiger partial charge < -0.3 is 43.8 Å². The molecule has 0 radical (unpaired) electrons. The molecule has 2 N–H and O–H groups in total. The van der Waals surface area contributed by atoms with E-state index < -0.39 is 50.9 Å². The second-order valence-corrected chi connectivity index (χ2v) is 25.1. The van der Waals surface area contributed by atoms with Gasteiger partial charge >= 0.3 is 6.09 Å². The van der Waals surface area contributed by atoms with Gasteiger partial charge in [-0.15, -0.1) is 0 Å². The monoisotopic (exact) mass is 866 g/mol. The third-order valence-corrected chi connectivity index (χ3v) is 18.8. The Morgan fingerprint density at radius 2 is 1.06 bits per heavy atom. The number of benzene rings is 4. The molecule has 4 aromatic rings. The average molecular weight is 867 g/mol. The molecule has 0 bridgehead atoms. The highest BCUT2D eigenvalue weighted by atomic mass is 127. The Balaban J connectivity index is 0.00000756. The number of amides is 2. The van der Waals surface area contributed by atoms with E-state index in [2.05, 4.69) is 142 Å². The third-order valence-electron chi connectivity index (χ3n) is 9.68. The van der Waals surface area contributed by atoms with Crippen molar-refractivity contribution in [1.82, 2.24) is 10.6 Å². The van der Waals surface area contributed by atoms with Crippen molar-refractivity contribution in [3.05, 3.63) is 121 Å². The molecule has 0 saturated carbocycles. The van der Waals surface area contributed by atoms with Crippen LogP contribution in [0.4, 0.5) is 4.79 Å². The number of rotatable bonds is 12. The number of carbonyl (C=O) groups is 2. The number of hydrogen-bond acceptors (Lipinski definition) is 4. The van der Waals surface area contributed by atoms with Crippen molar-refractivity contribution in [2.24, 2.45) is 5.41 Å². The van der Waals surface area contributed by atoms with Crippen molar-refractivity contribution in [2.75, 3.05) is 12.8 Å². The molecule has 0 aromatic heterocycles. The Morgan fingerprint density at radius 1 is 0.660 bits per heavy atom. The fraction of sp³-hybridized carbons (Fsp3) is 0.409. The quantitative estimate of drug-likeness (QED) is 0.123. The summed E-state index contributed by atoms with van der Waals surface area (Å²) >= 11 is 0. The van der Waals surface area contributed by atoms with Gasteiger partial charge in [0.05, 0.1) is 42.8 Å². The Labute approximate surface area is 337 Å². The van der Waals surface area contributed by atoms with Gasteiger partial charge in [0.25, 0.3) is 8.32 Å². The molecule has 0 spiro atoms. The van der Waals surface area contributed by atoms with Crippen LogP contribution in [-0.4, -0.2) is 56.9 Å². The highest BCUT2D eigenvalue weighted by Gasteiger charge is 2.53. The van der Waals surface area contributed by atoms with Gasteiger partial charge in [-0.05, 0) is 72.8 Å². The van der Waals surface area contributed by atoms with Crippen molar-refractivity contribution in [3.8, 4) is 0 Å². The molecule has 3 atom stereocenters. The van der Waals surface area contributed by atoms with E-state index in [-0.39, 0.29) is 34.9 Å². The van der Waals surface area contributed by atoms with E-state index in [0.717, 1.165) is 0 Å². The fourth-order valence-corrected chi connectivity index (χ4v) is 15.3. The van der Waals surface area contributed by atoms with Gasteiger partial charge in [-0.2, -0.15) is 0 Å². The summed E-state index contributed by atoms with van der Waals surface area (Å²) in [6, 6.07) is 41.2. The third kappa shape index (κ3) is 11.0. The van der Waals surface area contributed by atoms with Crippen LogP contribution in [-0.2, 0) is 14.0 Å². The lowest BCUT2D eigenvalue weighted by Crippen LogP contribution is -3.00. The van der Waals surface area contributed by atoms with Gasteiger partial charge in [-0.25, -0.2) is 4.79 Å². The molecule has 53 heavy (non-hydrogen) atoms. The molecule has 4 rings (SSSR count). The summed E-state index contributed by atoms with van der Waals surface area (Å²) in [4.78, 5) is 27.8. The van der Waals surface area contributed by atoms with Gasteiger partial charge in [0.15, 0.2) is 0 Å². The molecule has 9 heteroatoms. The lowest BCUT2D eigenvalue weighted by atomic mass is 9.86. The molecule has 4 aromatic carbocycles. The van der Waals surface area contributed by atoms with E-state index in [1.807, 2.05) is 65.8 Å². The number of ether oxygens (including phenoxy) is 1. The molecule has 0 aliphatic heterocycles. The molecule has 0 fully saturated rings. The van der Waals surface area contributed by atoms with Crippen molar-refractivity contribution in [1.29, 1.82) is 0 Å². The predicted octanol–water partition coefficient (Wildman–Crippen LogP) is 4.68. The molecule has 0 saturated heterocycles. The fourth-order valence-electron chi connectivity index (χ4n) is 7.00. The zero-order chi connectivity index (χ0) is 38.4. The summed E-state index contributed by atoms with van der Waals surface area (Å²) in [6.45, 7) is 22.6. The van der Waals surface area contributed by atoms with E-state index in [4.69, 9.17) is 9.16 Å². The maximum atomic E-state index is 14.7. The van der Waals surface area contributed by atoms with Gasteiger partial charge in [-0.1, -0.05) is 139 Å². The summed E-state index contributed by atoms with van der Waals surface area (Å²) in [6.07, 6.45) is -0.388. The van der Waals surface area contributed by atoms with Crippen LogP contribution in [0.3, 0.4) is 0 Å². The van der Waals surface area contributed by atoms with Crippen LogP contribution in [0.5, 0.6) is 0 Å². The minimum Gasteiger partial charge on any atom is -1.00 e. The minimum absolute atomic E-state index is 0. The Kier molecular flexibility index (Phi) is 15.1. The number of halogens is 1. The van der Waals surface area contributed by atoms with Crippen LogP contribution in [0.2, 0.25) is 5.04 Å². The van der Waals surface area contributed by atoms with E-state index in [0.29, 0.717) is 6.16 Å². The highest BCUT2D eigenvalue weighted by molar-refractivity contribution is 7.89. The van der Waals surface area contributed by atoms with Crippen molar-refractivity contribution < 1.29 is 42.7 Å². The lowest BCUT2D eigenvalue weighted by molar-refractivity contribution is -0.126. The molecular formula is C44H60IN2O4PSi. The first-order valence-corrected chi connectivity index (χ1v) is 22.7.